The molecule has 1 heterocycles. The largest absolute Gasteiger partial charge is 0.507 e. The van der Waals surface area contributed by atoms with Crippen LogP contribution in [0.1, 0.15) is 68.8 Å². The van der Waals surface area contributed by atoms with Gasteiger partial charge in [0, 0.05) is 47.6 Å². The fourth-order valence-corrected chi connectivity index (χ4v) is 5.35. The van der Waals surface area contributed by atoms with Crippen molar-refractivity contribution in [1.82, 2.24) is 0 Å². The lowest BCUT2D eigenvalue weighted by molar-refractivity contribution is -0.248. The van der Waals surface area contributed by atoms with Crippen LogP contribution in [-0.4, -0.2) is 73.8 Å². The molecule has 0 bridgehead atoms. The molecule has 7 N–H and O–H groups in total. The predicted octanol–water partition coefficient (Wildman–Crippen LogP) is 0.424. The molecule has 1 fully saturated rings. The number of ether oxygens (including phenoxy) is 2. The molecule has 6 atom stereocenters. The number of phenolic OH excluding ortho intramolecular Hbond substituents is 2. The minimum Gasteiger partial charge on any atom is -0.507 e. The second-order valence-corrected chi connectivity index (χ2v) is 9.59. The van der Waals surface area contributed by atoms with Gasteiger partial charge < -0.3 is 40.7 Å². The summed E-state index contributed by atoms with van der Waals surface area (Å²) >= 11 is 0. The second kappa shape index (κ2) is 8.37. The minimum atomic E-state index is -1.74. The van der Waals surface area contributed by atoms with Crippen LogP contribution >= 0.6 is 0 Å². The van der Waals surface area contributed by atoms with E-state index in [0.717, 1.165) is 0 Å². The maximum atomic E-state index is 13.3. The van der Waals surface area contributed by atoms with Crippen molar-refractivity contribution in [2.45, 2.75) is 62.4 Å². The summed E-state index contributed by atoms with van der Waals surface area (Å²) < 4.78 is 11.7. The molecule has 0 saturated carbocycles. The molecule has 0 spiro atoms. The lowest BCUT2D eigenvalue weighted by atomic mass is 9.73. The number of carbonyl (C=O) groups is 2. The van der Waals surface area contributed by atoms with Crippen LogP contribution in [0.3, 0.4) is 0 Å². The summed E-state index contributed by atoms with van der Waals surface area (Å²) in [6.45, 7) is 0.944. The van der Waals surface area contributed by atoms with E-state index in [9.17, 15) is 35.1 Å². The van der Waals surface area contributed by atoms with Gasteiger partial charge in [0.1, 0.15) is 11.5 Å². The van der Waals surface area contributed by atoms with Crippen LogP contribution in [0.4, 0.5) is 0 Å². The molecule has 2 aromatic carbocycles. The van der Waals surface area contributed by atoms with E-state index in [1.54, 1.807) is 19.1 Å². The first-order valence-corrected chi connectivity index (χ1v) is 11.4. The normalized spacial score (nSPS) is 32.1. The van der Waals surface area contributed by atoms with Gasteiger partial charge in [-0.05, 0) is 6.92 Å². The van der Waals surface area contributed by atoms with Crippen LogP contribution in [0.25, 0.3) is 0 Å². The van der Waals surface area contributed by atoms with Gasteiger partial charge in [0.25, 0.3) is 0 Å². The van der Waals surface area contributed by atoms with E-state index < -0.39 is 65.9 Å². The maximum Gasteiger partial charge on any atom is 0.198 e. The van der Waals surface area contributed by atoms with Crippen molar-refractivity contribution < 1.29 is 44.6 Å². The number of aliphatic hydroxyl groups is 3. The van der Waals surface area contributed by atoms with E-state index in [0.29, 0.717) is 0 Å². The van der Waals surface area contributed by atoms with Crippen molar-refractivity contribution in [2.24, 2.45) is 5.73 Å². The molecule has 35 heavy (non-hydrogen) atoms. The highest BCUT2D eigenvalue weighted by Gasteiger charge is 2.47. The fourth-order valence-electron chi connectivity index (χ4n) is 5.35. The summed E-state index contributed by atoms with van der Waals surface area (Å²) in [6.07, 6.45) is -3.97. The van der Waals surface area contributed by atoms with Crippen LogP contribution in [0.5, 0.6) is 11.5 Å². The fraction of sp³-hybridized carbons (Fsp3) is 0.440. The quantitative estimate of drug-likeness (QED) is 0.285. The molecule has 3 aliphatic rings. The Labute approximate surface area is 200 Å². The average Bonchev–Trinajstić information content (AvgIpc) is 2.83. The van der Waals surface area contributed by atoms with Crippen molar-refractivity contribution in [2.75, 3.05) is 6.61 Å². The Hall–Kier alpha value is -2.86. The molecular weight excluding hydrogens is 458 g/mol. The number of phenols is 2. The molecule has 1 unspecified atom stereocenters. The standard InChI is InChI=1S/C25H27NO9/c1-10-20(28)14(26)6-16(34-10)35-15-8-25(33,9-27)7-13-17(15)24(32)19-18(23(13)31)21(29)11-4-2-3-5-12(11)22(19)30/h2-5,10,14-16,20,27-28,31-33H,6-9,26H2,1H3/t10-,14+,15+,16+,20+,25?/m1/s1. The minimum absolute atomic E-state index is 0.00257. The Balaban J connectivity index is 1.64. The van der Waals surface area contributed by atoms with Gasteiger partial charge in [-0.1, -0.05) is 24.3 Å². The first-order valence-electron chi connectivity index (χ1n) is 11.4. The van der Waals surface area contributed by atoms with Gasteiger partial charge in [0.15, 0.2) is 17.9 Å². The van der Waals surface area contributed by atoms with Gasteiger partial charge in [-0.3, -0.25) is 9.59 Å². The number of rotatable bonds is 3. The second-order valence-electron chi connectivity index (χ2n) is 9.59. The summed E-state index contributed by atoms with van der Waals surface area (Å²) in [5.41, 5.74) is 3.81. The third-order valence-corrected chi connectivity index (χ3v) is 7.21. The molecular formula is C25H27NO9. The van der Waals surface area contributed by atoms with Crippen LogP contribution in [-0.2, 0) is 15.9 Å². The molecule has 2 aliphatic carbocycles. The van der Waals surface area contributed by atoms with E-state index in [4.69, 9.17) is 15.2 Å². The van der Waals surface area contributed by atoms with Crippen LogP contribution in [0, 0.1) is 0 Å². The molecule has 1 aliphatic heterocycles. The molecule has 0 amide bonds. The Morgan fingerprint density at radius 2 is 1.71 bits per heavy atom. The Kier molecular flexibility index (Phi) is 5.71. The van der Waals surface area contributed by atoms with E-state index >= 15 is 0 Å². The van der Waals surface area contributed by atoms with E-state index in [2.05, 4.69) is 0 Å². The summed E-state index contributed by atoms with van der Waals surface area (Å²) in [5, 5.41) is 53.4. The first kappa shape index (κ1) is 23.9. The number of hydrogen-bond acceptors (Lipinski definition) is 10. The molecule has 5 rings (SSSR count). The molecule has 2 aromatic rings. The molecule has 1 saturated heterocycles. The number of carbonyl (C=O) groups excluding carboxylic acids is 2. The number of hydrogen-bond donors (Lipinski definition) is 6. The Bertz CT molecular complexity index is 1220. The zero-order chi connectivity index (χ0) is 25.2. The van der Waals surface area contributed by atoms with Crippen molar-refractivity contribution in [1.29, 1.82) is 0 Å². The summed E-state index contributed by atoms with van der Waals surface area (Å²) in [6, 6.07) is 5.47. The molecule has 10 heteroatoms. The van der Waals surface area contributed by atoms with Crippen molar-refractivity contribution in [3.05, 3.63) is 57.6 Å². The van der Waals surface area contributed by atoms with Crippen LogP contribution < -0.4 is 5.73 Å². The molecule has 10 nitrogen and oxygen atoms in total. The van der Waals surface area contributed by atoms with Gasteiger partial charge in [-0.15, -0.1) is 0 Å². The van der Waals surface area contributed by atoms with E-state index in [1.165, 1.54) is 12.1 Å². The van der Waals surface area contributed by atoms with E-state index in [-0.39, 0.29) is 52.6 Å². The zero-order valence-electron chi connectivity index (χ0n) is 19.0. The third kappa shape index (κ3) is 3.65. The molecule has 186 valence electrons. The number of nitrogens with two attached hydrogens (primary N) is 1. The number of ketones is 2. The van der Waals surface area contributed by atoms with Crippen LogP contribution in [0.15, 0.2) is 24.3 Å². The van der Waals surface area contributed by atoms with Gasteiger partial charge in [-0.25, -0.2) is 0 Å². The smallest absolute Gasteiger partial charge is 0.198 e. The van der Waals surface area contributed by atoms with Crippen molar-refractivity contribution >= 4 is 11.6 Å². The summed E-state index contributed by atoms with van der Waals surface area (Å²) in [7, 11) is 0. The predicted molar refractivity (Wildman–Crippen MR) is 120 cm³/mol. The van der Waals surface area contributed by atoms with Gasteiger partial charge in [0.05, 0.1) is 41.6 Å². The lowest BCUT2D eigenvalue weighted by Gasteiger charge is -2.42. The average molecular weight is 485 g/mol. The molecule has 0 radical (unpaired) electrons. The van der Waals surface area contributed by atoms with Gasteiger partial charge in [0.2, 0.25) is 0 Å². The van der Waals surface area contributed by atoms with Gasteiger partial charge in [-0.2, -0.15) is 0 Å². The Morgan fingerprint density at radius 1 is 1.11 bits per heavy atom. The third-order valence-electron chi connectivity index (χ3n) is 7.21. The zero-order valence-corrected chi connectivity index (χ0v) is 19.0. The van der Waals surface area contributed by atoms with E-state index in [1.807, 2.05) is 0 Å². The number of aromatic hydroxyl groups is 2. The van der Waals surface area contributed by atoms with Crippen LogP contribution in [0.2, 0.25) is 0 Å². The monoisotopic (exact) mass is 485 g/mol. The topological polar surface area (TPSA) is 180 Å². The highest BCUT2D eigenvalue weighted by atomic mass is 16.7. The highest BCUT2D eigenvalue weighted by Crippen LogP contribution is 2.51. The summed E-state index contributed by atoms with van der Waals surface area (Å²) in [4.78, 5) is 26.5. The highest BCUT2D eigenvalue weighted by molar-refractivity contribution is 6.30. The molecule has 0 aromatic heterocycles. The number of fused-ring (bicyclic) bond motifs is 3. The SMILES string of the molecule is C[C@H]1O[C@@H](O[C@H]2CC(O)(CO)Cc3c(O)c4c(c(O)c32)C(=O)c2ccccc2C4=O)C[C@H](N)[C@H]1O. The summed E-state index contributed by atoms with van der Waals surface area (Å²) in [5.74, 6) is -2.34. The first-order chi connectivity index (χ1) is 16.6. The maximum absolute atomic E-state index is 13.3. The number of benzene rings is 2. The lowest BCUT2D eigenvalue weighted by Crippen LogP contribution is -2.52. The van der Waals surface area contributed by atoms with Crippen molar-refractivity contribution in [3.8, 4) is 11.5 Å². The van der Waals surface area contributed by atoms with Crippen molar-refractivity contribution in [3.63, 3.8) is 0 Å². The van der Waals surface area contributed by atoms with Gasteiger partial charge >= 0.3 is 0 Å². The Morgan fingerprint density at radius 3 is 2.29 bits per heavy atom. The number of aliphatic hydroxyl groups excluding tert-OH is 2.